The summed E-state index contributed by atoms with van der Waals surface area (Å²) in [7, 11) is 3.95. The minimum absolute atomic E-state index is 0.0832. The molecule has 0 spiro atoms. The minimum atomic E-state index is -0.288. The van der Waals surface area contributed by atoms with Crippen molar-refractivity contribution in [3.63, 3.8) is 0 Å². The molecule has 0 fully saturated rings. The third-order valence-electron chi connectivity index (χ3n) is 3.66. The maximum Gasteiger partial charge on any atom is 0.182 e. The van der Waals surface area contributed by atoms with Gasteiger partial charge in [-0.1, -0.05) is 0 Å². The van der Waals surface area contributed by atoms with Crippen molar-refractivity contribution in [2.24, 2.45) is 0 Å². The van der Waals surface area contributed by atoms with E-state index in [0.29, 0.717) is 12.2 Å². The van der Waals surface area contributed by atoms with Crippen LogP contribution < -0.4 is 9.96 Å². The van der Waals surface area contributed by atoms with Crippen LogP contribution in [0.4, 0.5) is 5.69 Å². The molecule has 1 N–H and O–H groups in total. The molecular formula is C17H22N3O4-. The Bertz CT molecular complexity index is 627. The molecule has 0 bridgehead atoms. The van der Waals surface area contributed by atoms with E-state index in [-0.39, 0.29) is 35.0 Å². The van der Waals surface area contributed by atoms with Crippen LogP contribution in [0, 0.1) is 5.21 Å². The van der Waals surface area contributed by atoms with E-state index in [4.69, 9.17) is 4.74 Å². The number of hydrogen-bond acceptors (Lipinski definition) is 7. The lowest BCUT2D eigenvalue weighted by atomic mass is 10.1. The van der Waals surface area contributed by atoms with Gasteiger partial charge < -0.3 is 20.1 Å². The molecule has 24 heavy (non-hydrogen) atoms. The highest BCUT2D eigenvalue weighted by atomic mass is 16.8. The monoisotopic (exact) mass is 332 g/mol. The molecule has 0 atom stereocenters. The van der Waals surface area contributed by atoms with E-state index in [1.165, 1.54) is 12.1 Å². The molecule has 1 aromatic rings. The van der Waals surface area contributed by atoms with Gasteiger partial charge >= 0.3 is 0 Å². The van der Waals surface area contributed by atoms with Crippen LogP contribution in [-0.2, 0) is 0 Å². The summed E-state index contributed by atoms with van der Waals surface area (Å²) in [5.41, 5.74) is 0.250. The molecule has 0 aliphatic carbocycles. The Hall–Kier alpha value is -2.35. The lowest BCUT2D eigenvalue weighted by Crippen LogP contribution is -2.29. The van der Waals surface area contributed by atoms with E-state index in [2.05, 4.69) is 4.90 Å². The maximum atomic E-state index is 12.4. The van der Waals surface area contributed by atoms with Crippen molar-refractivity contribution < 1.29 is 14.7 Å². The van der Waals surface area contributed by atoms with Crippen molar-refractivity contribution in [2.45, 2.75) is 13.0 Å². The van der Waals surface area contributed by atoms with Gasteiger partial charge in [0.2, 0.25) is 0 Å². The number of likely N-dealkylation sites (N-methyl/N-ethyl adjacent to an activating group) is 1. The summed E-state index contributed by atoms with van der Waals surface area (Å²) in [4.78, 5) is 16.2. The molecule has 7 nitrogen and oxygen atoms in total. The molecule has 0 saturated heterocycles. The van der Waals surface area contributed by atoms with Crippen molar-refractivity contribution in [3.05, 3.63) is 53.5 Å². The highest BCUT2D eigenvalue weighted by Gasteiger charge is 2.15. The van der Waals surface area contributed by atoms with Crippen molar-refractivity contribution in [1.82, 2.24) is 9.80 Å². The van der Waals surface area contributed by atoms with Crippen LogP contribution >= 0.6 is 0 Å². The number of ketones is 1. The first kappa shape index (κ1) is 18.0. The van der Waals surface area contributed by atoms with Crippen molar-refractivity contribution in [2.75, 3.05) is 32.5 Å². The van der Waals surface area contributed by atoms with Crippen LogP contribution in [0.1, 0.15) is 17.3 Å². The molecule has 1 aromatic carbocycles. The number of rotatable bonds is 7. The number of Topliss-reactive ketones (excluding diaryl/α,β-unsaturated/α-hetero) is 1. The number of nitrogens with zero attached hydrogens (tertiary/aromatic N) is 3. The van der Waals surface area contributed by atoms with Crippen LogP contribution in [0.2, 0.25) is 0 Å². The fourth-order valence-electron chi connectivity index (χ4n) is 2.34. The summed E-state index contributed by atoms with van der Waals surface area (Å²) in [5.74, 6) is 0.0666. The second kappa shape index (κ2) is 7.96. The van der Waals surface area contributed by atoms with Gasteiger partial charge in [0.25, 0.3) is 0 Å². The van der Waals surface area contributed by atoms with E-state index in [0.717, 1.165) is 0 Å². The Labute approximate surface area is 141 Å². The van der Waals surface area contributed by atoms with Crippen LogP contribution in [-0.4, -0.2) is 54.1 Å². The first-order chi connectivity index (χ1) is 11.4. The molecule has 0 unspecified atom stereocenters. The summed E-state index contributed by atoms with van der Waals surface area (Å²) in [6.07, 6.45) is 7.68. The van der Waals surface area contributed by atoms with E-state index < -0.39 is 0 Å². The Morgan fingerprint density at radius 1 is 1.33 bits per heavy atom. The number of ether oxygens (including phenoxy) is 1. The molecule has 7 heteroatoms. The van der Waals surface area contributed by atoms with E-state index in [9.17, 15) is 15.2 Å². The highest BCUT2D eigenvalue weighted by molar-refractivity contribution is 5.99. The Balaban J connectivity index is 2.09. The largest absolute Gasteiger partial charge is 0.733 e. The lowest BCUT2D eigenvalue weighted by Gasteiger charge is -2.26. The van der Waals surface area contributed by atoms with Gasteiger partial charge in [0, 0.05) is 24.0 Å². The van der Waals surface area contributed by atoms with Gasteiger partial charge in [-0.15, -0.1) is 0 Å². The van der Waals surface area contributed by atoms with E-state index in [1.54, 1.807) is 17.9 Å². The summed E-state index contributed by atoms with van der Waals surface area (Å²) in [6.45, 7) is 2.26. The fraction of sp³-hybridized carbons (Fsp3) is 0.353. The third-order valence-corrected chi connectivity index (χ3v) is 3.66. The Kier molecular flexibility index (Phi) is 5.97. The quantitative estimate of drug-likeness (QED) is 0.606. The molecule has 0 amide bonds. The summed E-state index contributed by atoms with van der Waals surface area (Å²) >= 11 is 0. The third kappa shape index (κ3) is 4.35. The first-order valence-corrected chi connectivity index (χ1v) is 7.67. The Morgan fingerprint density at radius 3 is 2.54 bits per heavy atom. The van der Waals surface area contributed by atoms with Gasteiger partial charge in [-0.05, 0) is 51.4 Å². The number of benzene rings is 1. The lowest BCUT2D eigenvalue weighted by molar-refractivity contribution is 0.0969. The average molecular weight is 332 g/mol. The molecule has 1 aliphatic heterocycles. The number of carbonyl (C=O) groups excluding carboxylic acids is 1. The minimum Gasteiger partial charge on any atom is -0.733 e. The molecule has 0 saturated carbocycles. The maximum absolute atomic E-state index is 12.4. The summed E-state index contributed by atoms with van der Waals surface area (Å²) in [6, 6.07) is 4.63. The smallest absolute Gasteiger partial charge is 0.182 e. The van der Waals surface area contributed by atoms with E-state index >= 15 is 0 Å². The summed E-state index contributed by atoms with van der Waals surface area (Å²) < 4.78 is 5.27. The van der Waals surface area contributed by atoms with Crippen LogP contribution in [0.15, 0.2) is 42.8 Å². The second-order valence-corrected chi connectivity index (χ2v) is 5.62. The van der Waals surface area contributed by atoms with Crippen LogP contribution in [0.3, 0.4) is 0 Å². The molecule has 2 rings (SSSR count). The SMILES string of the molecule is CCOc1ccc(C(=O)CN2C=CC(N(C)C)C=C2)cc1N([O-])O. The second-order valence-electron chi connectivity index (χ2n) is 5.62. The van der Waals surface area contributed by atoms with Gasteiger partial charge in [-0.25, -0.2) is 0 Å². The zero-order chi connectivity index (χ0) is 17.7. The van der Waals surface area contributed by atoms with Crippen LogP contribution in [0.5, 0.6) is 5.75 Å². The Morgan fingerprint density at radius 2 is 2.00 bits per heavy atom. The average Bonchev–Trinajstić information content (AvgIpc) is 2.55. The predicted octanol–water partition coefficient (Wildman–Crippen LogP) is 2.23. The van der Waals surface area contributed by atoms with Crippen molar-refractivity contribution >= 4 is 11.5 Å². The van der Waals surface area contributed by atoms with Gasteiger partial charge in [-0.2, -0.15) is 0 Å². The zero-order valence-corrected chi connectivity index (χ0v) is 14.0. The number of carbonyl (C=O) groups is 1. The predicted molar refractivity (Wildman–Crippen MR) is 92.0 cm³/mol. The van der Waals surface area contributed by atoms with Gasteiger partial charge in [0.05, 0.1) is 18.8 Å². The fourth-order valence-corrected chi connectivity index (χ4v) is 2.34. The molecule has 130 valence electrons. The topological polar surface area (TPSA) is 79.3 Å². The summed E-state index contributed by atoms with van der Waals surface area (Å²) in [5, 5.41) is 20.2. The molecule has 0 radical (unpaired) electrons. The van der Waals surface area contributed by atoms with E-state index in [1.807, 2.05) is 38.6 Å². The number of anilines is 1. The van der Waals surface area contributed by atoms with Crippen molar-refractivity contribution in [3.8, 4) is 5.75 Å². The highest BCUT2D eigenvalue weighted by Crippen LogP contribution is 2.28. The van der Waals surface area contributed by atoms with Crippen LogP contribution in [0.25, 0.3) is 0 Å². The molecular weight excluding hydrogens is 310 g/mol. The molecule has 1 aliphatic rings. The first-order valence-electron chi connectivity index (χ1n) is 7.67. The zero-order valence-electron chi connectivity index (χ0n) is 14.0. The standard InChI is InChI=1S/C17H22N3O4/c1-4-24-17-6-5-13(11-15(17)20(22)23)16(21)12-19-9-7-14(8-10-19)18(2)3/h5-11,14,22H,4,12H2,1-3H3/q-1. The molecule has 1 heterocycles. The van der Waals surface area contributed by atoms with Gasteiger partial charge in [0.15, 0.2) is 5.78 Å². The van der Waals surface area contributed by atoms with Gasteiger partial charge in [0.1, 0.15) is 5.75 Å². The van der Waals surface area contributed by atoms with Gasteiger partial charge in [-0.3, -0.25) is 14.9 Å². The van der Waals surface area contributed by atoms with Crippen molar-refractivity contribution in [1.29, 1.82) is 0 Å². The number of hydrogen-bond donors (Lipinski definition) is 1. The normalized spacial score (nSPS) is 14.3. The molecule has 0 aromatic heterocycles.